The van der Waals surface area contributed by atoms with Crippen LogP contribution in [0.25, 0.3) is 16.8 Å². The molecule has 5 heteroatoms. The smallest absolute Gasteiger partial charge is 0.166 e. The van der Waals surface area contributed by atoms with Crippen LogP contribution in [0, 0.1) is 12.3 Å². The van der Waals surface area contributed by atoms with E-state index in [4.69, 9.17) is 9.84 Å². The predicted molar refractivity (Wildman–Crippen MR) is 96.1 cm³/mol. The quantitative estimate of drug-likeness (QED) is 0.713. The SMILES string of the molecule is COc1ccc(-c2c(C)nn3c4c(cnc23)C(=O)CC(C)(C)C4)cc1. The first-order chi connectivity index (χ1) is 11.9. The number of rotatable bonds is 2. The van der Waals surface area contributed by atoms with Crippen molar-refractivity contribution in [3.8, 4) is 16.9 Å². The Bertz CT molecular complexity index is 984. The summed E-state index contributed by atoms with van der Waals surface area (Å²) in [5.41, 5.74) is 5.36. The number of ketones is 1. The van der Waals surface area contributed by atoms with Crippen molar-refractivity contribution in [3.63, 3.8) is 0 Å². The van der Waals surface area contributed by atoms with Gasteiger partial charge >= 0.3 is 0 Å². The van der Waals surface area contributed by atoms with E-state index in [1.807, 2.05) is 35.7 Å². The lowest BCUT2D eigenvalue weighted by Crippen LogP contribution is -2.29. The van der Waals surface area contributed by atoms with E-state index in [0.29, 0.717) is 12.0 Å². The fourth-order valence-electron chi connectivity index (χ4n) is 3.68. The maximum absolute atomic E-state index is 12.5. The second-order valence-corrected chi connectivity index (χ2v) is 7.48. The molecule has 0 atom stereocenters. The highest BCUT2D eigenvalue weighted by atomic mass is 16.5. The molecule has 2 aromatic heterocycles. The van der Waals surface area contributed by atoms with Gasteiger partial charge in [0.15, 0.2) is 11.4 Å². The van der Waals surface area contributed by atoms with Crippen LogP contribution >= 0.6 is 0 Å². The number of aryl methyl sites for hydroxylation is 1. The molecular formula is C20H21N3O2. The van der Waals surface area contributed by atoms with Crippen molar-refractivity contribution in [3.05, 3.63) is 47.4 Å². The number of aromatic nitrogens is 3. The van der Waals surface area contributed by atoms with Gasteiger partial charge in [0.1, 0.15) is 5.75 Å². The summed E-state index contributed by atoms with van der Waals surface area (Å²) in [6.45, 7) is 6.23. The molecule has 128 valence electrons. The molecule has 0 saturated heterocycles. The number of Topliss-reactive ketones (excluding diaryl/α,β-unsaturated/α-hetero) is 1. The molecule has 0 N–H and O–H groups in total. The highest BCUT2D eigenvalue weighted by Gasteiger charge is 2.33. The summed E-state index contributed by atoms with van der Waals surface area (Å²) in [6, 6.07) is 7.89. The molecule has 1 aliphatic carbocycles. The van der Waals surface area contributed by atoms with Crippen molar-refractivity contribution in [2.75, 3.05) is 7.11 Å². The number of hydrogen-bond acceptors (Lipinski definition) is 4. The van der Waals surface area contributed by atoms with Crippen LogP contribution in [-0.4, -0.2) is 27.5 Å². The summed E-state index contributed by atoms with van der Waals surface area (Å²) in [5.74, 6) is 0.968. The van der Waals surface area contributed by atoms with Gasteiger partial charge in [0.05, 0.1) is 24.1 Å². The predicted octanol–water partition coefficient (Wildman–Crippen LogP) is 3.87. The maximum Gasteiger partial charge on any atom is 0.166 e. The number of methoxy groups -OCH3 is 1. The highest BCUT2D eigenvalue weighted by Crippen LogP contribution is 2.36. The van der Waals surface area contributed by atoms with Crippen molar-refractivity contribution in [1.82, 2.24) is 14.6 Å². The van der Waals surface area contributed by atoms with Crippen LogP contribution in [0.2, 0.25) is 0 Å². The first-order valence-corrected chi connectivity index (χ1v) is 8.44. The molecule has 2 heterocycles. The lowest BCUT2D eigenvalue weighted by Gasteiger charge is -2.29. The Labute approximate surface area is 146 Å². The van der Waals surface area contributed by atoms with E-state index < -0.39 is 0 Å². The fraction of sp³-hybridized carbons (Fsp3) is 0.350. The Morgan fingerprint density at radius 3 is 2.56 bits per heavy atom. The molecule has 25 heavy (non-hydrogen) atoms. The van der Waals surface area contributed by atoms with Crippen molar-refractivity contribution < 1.29 is 9.53 Å². The number of ether oxygens (including phenoxy) is 1. The molecule has 1 aromatic carbocycles. The summed E-state index contributed by atoms with van der Waals surface area (Å²) in [6.07, 6.45) is 3.09. The second kappa shape index (κ2) is 5.41. The number of nitrogens with zero attached hydrogens (tertiary/aromatic N) is 3. The van der Waals surface area contributed by atoms with E-state index in [1.165, 1.54) is 0 Å². The monoisotopic (exact) mass is 335 g/mol. The van der Waals surface area contributed by atoms with Gasteiger partial charge in [-0.15, -0.1) is 0 Å². The van der Waals surface area contributed by atoms with Crippen LogP contribution in [0.15, 0.2) is 30.5 Å². The number of carbonyl (C=O) groups is 1. The minimum Gasteiger partial charge on any atom is -0.497 e. The normalized spacial score (nSPS) is 16.1. The van der Waals surface area contributed by atoms with Gasteiger partial charge in [-0.3, -0.25) is 4.79 Å². The van der Waals surface area contributed by atoms with Crippen molar-refractivity contribution >= 4 is 11.4 Å². The lowest BCUT2D eigenvalue weighted by molar-refractivity contribution is 0.0908. The van der Waals surface area contributed by atoms with E-state index in [0.717, 1.165) is 40.3 Å². The average Bonchev–Trinajstić information content (AvgIpc) is 2.90. The zero-order chi connectivity index (χ0) is 17.8. The Hall–Kier alpha value is -2.69. The van der Waals surface area contributed by atoms with Crippen LogP contribution < -0.4 is 4.74 Å². The molecule has 3 aromatic rings. The molecule has 5 nitrogen and oxygen atoms in total. The van der Waals surface area contributed by atoms with Crippen molar-refractivity contribution in [2.24, 2.45) is 5.41 Å². The number of hydrogen-bond donors (Lipinski definition) is 0. The van der Waals surface area contributed by atoms with Crippen LogP contribution in [0.1, 0.15) is 42.0 Å². The average molecular weight is 335 g/mol. The van der Waals surface area contributed by atoms with Crippen LogP contribution in [0.4, 0.5) is 0 Å². The Morgan fingerprint density at radius 2 is 1.88 bits per heavy atom. The standard InChI is InChI=1S/C20H21N3O2/c1-12-18(13-5-7-14(25-4)8-6-13)19-21-11-15-16(23(19)22-12)9-20(2,3)10-17(15)24/h5-8,11H,9-10H2,1-4H3. The largest absolute Gasteiger partial charge is 0.497 e. The molecule has 0 fully saturated rings. The van der Waals surface area contributed by atoms with Gasteiger partial charge in [-0.1, -0.05) is 26.0 Å². The molecule has 0 bridgehead atoms. The topological polar surface area (TPSA) is 56.5 Å². The van der Waals surface area contributed by atoms with Gasteiger partial charge < -0.3 is 4.74 Å². The lowest BCUT2D eigenvalue weighted by atomic mass is 9.76. The van der Waals surface area contributed by atoms with E-state index in [9.17, 15) is 4.79 Å². The molecular weight excluding hydrogens is 314 g/mol. The molecule has 1 aliphatic rings. The third-order valence-electron chi connectivity index (χ3n) is 4.88. The second-order valence-electron chi connectivity index (χ2n) is 7.48. The fourth-order valence-corrected chi connectivity index (χ4v) is 3.68. The summed E-state index contributed by atoms with van der Waals surface area (Å²) >= 11 is 0. The zero-order valence-corrected chi connectivity index (χ0v) is 15.0. The zero-order valence-electron chi connectivity index (χ0n) is 15.0. The third-order valence-corrected chi connectivity index (χ3v) is 4.88. The van der Waals surface area contributed by atoms with E-state index in [-0.39, 0.29) is 11.2 Å². The molecule has 0 radical (unpaired) electrons. The molecule has 0 amide bonds. The summed E-state index contributed by atoms with van der Waals surface area (Å²) in [4.78, 5) is 17.1. The molecule has 4 rings (SSSR count). The molecule has 0 aliphatic heterocycles. The first-order valence-electron chi connectivity index (χ1n) is 8.44. The molecule has 0 unspecified atom stereocenters. The summed E-state index contributed by atoms with van der Waals surface area (Å²) in [5, 5.41) is 4.72. The minimum atomic E-state index is -0.0570. The van der Waals surface area contributed by atoms with Crippen molar-refractivity contribution in [2.45, 2.75) is 33.6 Å². The van der Waals surface area contributed by atoms with Crippen LogP contribution in [-0.2, 0) is 6.42 Å². The number of carbonyl (C=O) groups excluding carboxylic acids is 1. The third kappa shape index (κ3) is 2.51. The first kappa shape index (κ1) is 15.8. The van der Waals surface area contributed by atoms with Crippen LogP contribution in [0.5, 0.6) is 5.75 Å². The summed E-state index contributed by atoms with van der Waals surface area (Å²) in [7, 11) is 1.65. The van der Waals surface area contributed by atoms with E-state index in [1.54, 1.807) is 13.3 Å². The molecule has 0 spiro atoms. The minimum absolute atomic E-state index is 0.0570. The maximum atomic E-state index is 12.5. The number of fused-ring (bicyclic) bond motifs is 3. The Kier molecular flexibility index (Phi) is 3.42. The van der Waals surface area contributed by atoms with Gasteiger partial charge in [-0.05, 0) is 36.5 Å². The van der Waals surface area contributed by atoms with Gasteiger partial charge in [-0.25, -0.2) is 9.50 Å². The van der Waals surface area contributed by atoms with Crippen LogP contribution in [0.3, 0.4) is 0 Å². The van der Waals surface area contributed by atoms with Gasteiger partial charge in [-0.2, -0.15) is 5.10 Å². The Morgan fingerprint density at radius 1 is 1.16 bits per heavy atom. The summed E-state index contributed by atoms with van der Waals surface area (Å²) < 4.78 is 7.10. The van der Waals surface area contributed by atoms with Gasteiger partial charge in [0.2, 0.25) is 0 Å². The Balaban J connectivity index is 1.93. The van der Waals surface area contributed by atoms with Crippen molar-refractivity contribution in [1.29, 1.82) is 0 Å². The molecule has 0 saturated carbocycles. The highest BCUT2D eigenvalue weighted by molar-refractivity contribution is 5.99. The van der Waals surface area contributed by atoms with Gasteiger partial charge in [0, 0.05) is 18.2 Å². The van der Waals surface area contributed by atoms with Gasteiger partial charge in [0.25, 0.3) is 0 Å². The van der Waals surface area contributed by atoms with E-state index >= 15 is 0 Å². The number of benzene rings is 1. The van der Waals surface area contributed by atoms with E-state index in [2.05, 4.69) is 18.8 Å².